The Kier molecular flexibility index (Phi) is 3.47. The van der Waals surface area contributed by atoms with E-state index in [1.807, 2.05) is 25.1 Å². The van der Waals surface area contributed by atoms with Crippen molar-refractivity contribution < 1.29 is 9.53 Å². The Hall–Kier alpha value is -1.84. The zero-order valence-corrected chi connectivity index (χ0v) is 12.9. The molecule has 1 aromatic carbocycles. The fourth-order valence-electron chi connectivity index (χ4n) is 3.22. The number of hydrogen-bond donors (Lipinski definition) is 0. The van der Waals surface area contributed by atoms with Gasteiger partial charge in [-0.25, -0.2) is 4.98 Å². The summed E-state index contributed by atoms with van der Waals surface area (Å²) in [7, 11) is 0. The van der Waals surface area contributed by atoms with E-state index in [2.05, 4.69) is 24.5 Å². The van der Waals surface area contributed by atoms with E-state index in [1.54, 1.807) is 0 Å². The lowest BCUT2D eigenvalue weighted by Crippen LogP contribution is -2.46. The number of carbonyl (C=O) groups excluding carboxylic acids is 1. The number of fused-ring (bicyclic) bond motifs is 1. The molecule has 0 atom stereocenters. The summed E-state index contributed by atoms with van der Waals surface area (Å²) < 4.78 is 7.54. The third kappa shape index (κ3) is 2.04. The molecule has 0 N–H and O–H groups in total. The van der Waals surface area contributed by atoms with Crippen molar-refractivity contribution in [3.8, 4) is 0 Å². The molecule has 112 valence electrons. The number of rotatable bonds is 4. The molecule has 0 unspecified atom stereocenters. The minimum atomic E-state index is -0.542. The molecule has 1 aromatic heterocycles. The maximum atomic E-state index is 12.5. The van der Waals surface area contributed by atoms with Gasteiger partial charge >= 0.3 is 5.97 Å². The van der Waals surface area contributed by atoms with Crippen LogP contribution in [0.4, 0.5) is 0 Å². The van der Waals surface area contributed by atoms with Crippen LogP contribution >= 0.6 is 0 Å². The summed E-state index contributed by atoms with van der Waals surface area (Å²) in [6, 6.07) is 8.35. The molecule has 1 aliphatic rings. The van der Waals surface area contributed by atoms with Gasteiger partial charge in [0.1, 0.15) is 11.2 Å². The summed E-state index contributed by atoms with van der Waals surface area (Å²) in [6.07, 6.45) is 2.73. The van der Waals surface area contributed by atoms with Crippen LogP contribution in [0.2, 0.25) is 0 Å². The van der Waals surface area contributed by atoms with E-state index in [9.17, 15) is 4.79 Å². The molecule has 21 heavy (non-hydrogen) atoms. The standard InChI is InChI=1S/C17H22N2O2/c1-4-21-16(20)17(10-7-11-17)15-18-13-8-5-6-9-14(13)19(15)12(2)3/h5-6,8-9,12H,4,7,10-11H2,1-3H3. The highest BCUT2D eigenvalue weighted by Gasteiger charge is 2.51. The highest BCUT2D eigenvalue weighted by Crippen LogP contribution is 2.46. The fraction of sp³-hybridized carbons (Fsp3) is 0.529. The quantitative estimate of drug-likeness (QED) is 0.807. The maximum absolute atomic E-state index is 12.5. The molecule has 0 bridgehead atoms. The Balaban J connectivity index is 2.19. The summed E-state index contributed by atoms with van der Waals surface area (Å²) in [5, 5.41) is 0. The van der Waals surface area contributed by atoms with E-state index in [4.69, 9.17) is 9.72 Å². The van der Waals surface area contributed by atoms with Gasteiger partial charge in [0.05, 0.1) is 17.6 Å². The number of ether oxygens (including phenoxy) is 1. The number of imidazole rings is 1. The lowest BCUT2D eigenvalue weighted by Gasteiger charge is -2.39. The Morgan fingerprint density at radius 2 is 2.10 bits per heavy atom. The molecule has 1 aliphatic carbocycles. The van der Waals surface area contributed by atoms with Crippen LogP contribution in [0.3, 0.4) is 0 Å². The number of carbonyl (C=O) groups is 1. The van der Waals surface area contributed by atoms with Gasteiger partial charge in [0.2, 0.25) is 0 Å². The Morgan fingerprint density at radius 1 is 1.38 bits per heavy atom. The first-order valence-electron chi connectivity index (χ1n) is 7.75. The predicted molar refractivity (Wildman–Crippen MR) is 82.3 cm³/mol. The van der Waals surface area contributed by atoms with E-state index in [0.717, 1.165) is 36.1 Å². The summed E-state index contributed by atoms with van der Waals surface area (Å²) in [5.41, 5.74) is 1.51. The van der Waals surface area contributed by atoms with Crippen LogP contribution in [0.15, 0.2) is 24.3 Å². The minimum Gasteiger partial charge on any atom is -0.465 e. The van der Waals surface area contributed by atoms with Gasteiger partial charge in [-0.2, -0.15) is 0 Å². The van der Waals surface area contributed by atoms with E-state index in [1.165, 1.54) is 0 Å². The SMILES string of the molecule is CCOC(=O)C1(c2nc3ccccc3n2C(C)C)CCC1. The monoisotopic (exact) mass is 286 g/mol. The van der Waals surface area contributed by atoms with E-state index in [0.29, 0.717) is 6.61 Å². The van der Waals surface area contributed by atoms with E-state index < -0.39 is 5.41 Å². The first-order valence-corrected chi connectivity index (χ1v) is 7.75. The smallest absolute Gasteiger partial charge is 0.319 e. The predicted octanol–water partition coefficient (Wildman–Crippen LogP) is 3.60. The number of hydrogen-bond acceptors (Lipinski definition) is 3. The Labute approximate surface area is 125 Å². The van der Waals surface area contributed by atoms with Gasteiger partial charge in [0.25, 0.3) is 0 Å². The number of esters is 1. The zero-order valence-electron chi connectivity index (χ0n) is 12.9. The topological polar surface area (TPSA) is 44.1 Å². The molecular formula is C17H22N2O2. The van der Waals surface area contributed by atoms with Crippen LogP contribution in [-0.4, -0.2) is 22.1 Å². The van der Waals surface area contributed by atoms with Crippen molar-refractivity contribution in [3.63, 3.8) is 0 Å². The van der Waals surface area contributed by atoms with Gasteiger partial charge in [-0.15, -0.1) is 0 Å². The zero-order chi connectivity index (χ0) is 15.0. The van der Waals surface area contributed by atoms with E-state index >= 15 is 0 Å². The van der Waals surface area contributed by atoms with Gasteiger partial charge in [0, 0.05) is 6.04 Å². The molecule has 2 aromatic rings. The molecule has 1 saturated carbocycles. The molecule has 1 heterocycles. The van der Waals surface area contributed by atoms with Gasteiger partial charge in [-0.1, -0.05) is 18.6 Å². The second-order valence-corrected chi connectivity index (χ2v) is 6.04. The molecule has 4 nitrogen and oxygen atoms in total. The molecule has 1 fully saturated rings. The van der Waals surface area contributed by atoms with Crippen molar-refractivity contribution in [2.75, 3.05) is 6.61 Å². The highest BCUT2D eigenvalue weighted by molar-refractivity contribution is 5.86. The molecule has 3 rings (SSSR count). The largest absolute Gasteiger partial charge is 0.465 e. The van der Waals surface area contributed by atoms with Crippen molar-refractivity contribution >= 4 is 17.0 Å². The average molecular weight is 286 g/mol. The number of aromatic nitrogens is 2. The number of benzene rings is 1. The summed E-state index contributed by atoms with van der Waals surface area (Å²) in [4.78, 5) is 17.3. The molecular weight excluding hydrogens is 264 g/mol. The number of para-hydroxylation sites is 2. The lowest BCUT2D eigenvalue weighted by molar-refractivity contribution is -0.154. The maximum Gasteiger partial charge on any atom is 0.319 e. The third-order valence-electron chi connectivity index (χ3n) is 4.41. The van der Waals surface area contributed by atoms with Gasteiger partial charge in [-0.05, 0) is 45.7 Å². The van der Waals surface area contributed by atoms with E-state index in [-0.39, 0.29) is 12.0 Å². The lowest BCUT2D eigenvalue weighted by atomic mass is 9.68. The van der Waals surface area contributed by atoms with Crippen LogP contribution in [0.5, 0.6) is 0 Å². The molecule has 0 spiro atoms. The van der Waals surface area contributed by atoms with Crippen LogP contribution in [0, 0.1) is 0 Å². The van der Waals surface area contributed by atoms with Crippen molar-refractivity contribution in [1.82, 2.24) is 9.55 Å². The molecule has 0 amide bonds. The summed E-state index contributed by atoms with van der Waals surface area (Å²) in [5.74, 6) is 0.761. The Morgan fingerprint density at radius 3 is 2.67 bits per heavy atom. The summed E-state index contributed by atoms with van der Waals surface area (Å²) in [6.45, 7) is 6.54. The van der Waals surface area contributed by atoms with Crippen LogP contribution < -0.4 is 0 Å². The van der Waals surface area contributed by atoms with Crippen LogP contribution in [0.1, 0.15) is 51.9 Å². The normalized spacial score (nSPS) is 17.0. The average Bonchev–Trinajstić information content (AvgIpc) is 2.77. The third-order valence-corrected chi connectivity index (χ3v) is 4.41. The van der Waals surface area contributed by atoms with Crippen molar-refractivity contribution in [3.05, 3.63) is 30.1 Å². The van der Waals surface area contributed by atoms with Crippen molar-refractivity contribution in [2.45, 2.75) is 51.5 Å². The first-order chi connectivity index (χ1) is 10.1. The van der Waals surface area contributed by atoms with Gasteiger partial charge in [-0.3, -0.25) is 4.79 Å². The fourth-order valence-corrected chi connectivity index (χ4v) is 3.22. The minimum absolute atomic E-state index is 0.117. The molecule has 0 saturated heterocycles. The Bertz CT molecular complexity index is 668. The van der Waals surface area contributed by atoms with Crippen LogP contribution in [-0.2, 0) is 14.9 Å². The van der Waals surface area contributed by atoms with Gasteiger partial charge in [0.15, 0.2) is 0 Å². The van der Waals surface area contributed by atoms with Gasteiger partial charge < -0.3 is 9.30 Å². The highest BCUT2D eigenvalue weighted by atomic mass is 16.5. The number of nitrogens with zero attached hydrogens (tertiary/aromatic N) is 2. The molecule has 4 heteroatoms. The van der Waals surface area contributed by atoms with Crippen LogP contribution in [0.25, 0.3) is 11.0 Å². The first kappa shape index (κ1) is 14.1. The second kappa shape index (κ2) is 5.17. The summed E-state index contributed by atoms with van der Waals surface area (Å²) >= 11 is 0. The van der Waals surface area contributed by atoms with Crippen molar-refractivity contribution in [1.29, 1.82) is 0 Å². The molecule has 0 radical (unpaired) electrons. The second-order valence-electron chi connectivity index (χ2n) is 6.04. The molecule has 0 aliphatic heterocycles. The van der Waals surface area contributed by atoms with Crippen molar-refractivity contribution in [2.24, 2.45) is 0 Å².